The van der Waals surface area contributed by atoms with Crippen LogP contribution in [0.2, 0.25) is 0 Å². The van der Waals surface area contributed by atoms with E-state index in [1.807, 2.05) is 24.3 Å². The number of rotatable bonds is 9. The summed E-state index contributed by atoms with van der Waals surface area (Å²) in [5.41, 5.74) is 0.951. The fourth-order valence-electron chi connectivity index (χ4n) is 2.05. The zero-order valence-corrected chi connectivity index (χ0v) is 15.8. The van der Waals surface area contributed by atoms with E-state index in [1.165, 1.54) is 18.9 Å². The molecule has 127 valence electrons. The molecule has 0 bridgehead atoms. The SMILES string of the molecule is CCCCCC(CC)OC(=O)C=Cc1ccc(OC)cc1.[Au]. The van der Waals surface area contributed by atoms with Crippen LogP contribution in [0, 0.1) is 0 Å². The van der Waals surface area contributed by atoms with Crippen molar-refractivity contribution in [2.75, 3.05) is 7.11 Å². The Labute approximate surface area is 149 Å². The second-order valence-electron chi connectivity index (χ2n) is 5.07. The van der Waals surface area contributed by atoms with Crippen LogP contribution in [0.4, 0.5) is 0 Å². The minimum atomic E-state index is -0.269. The van der Waals surface area contributed by atoms with Gasteiger partial charge in [0, 0.05) is 28.5 Å². The number of ether oxygens (including phenoxy) is 2. The molecule has 1 radical (unpaired) electrons. The first-order chi connectivity index (χ1) is 10.2. The van der Waals surface area contributed by atoms with Crippen molar-refractivity contribution in [1.82, 2.24) is 0 Å². The Morgan fingerprint density at radius 2 is 1.86 bits per heavy atom. The molecule has 0 aromatic heterocycles. The molecule has 0 N–H and O–H groups in total. The van der Waals surface area contributed by atoms with E-state index < -0.39 is 0 Å². The number of methoxy groups -OCH3 is 1. The summed E-state index contributed by atoms with van der Waals surface area (Å²) >= 11 is 0. The summed E-state index contributed by atoms with van der Waals surface area (Å²) in [6, 6.07) is 7.54. The summed E-state index contributed by atoms with van der Waals surface area (Å²) in [6.07, 6.45) is 8.59. The normalized spacial score (nSPS) is 11.8. The molecule has 0 aliphatic carbocycles. The molecule has 0 saturated carbocycles. The molecule has 1 aromatic carbocycles. The van der Waals surface area contributed by atoms with Crippen LogP contribution in [0.5, 0.6) is 5.75 Å². The molecular formula is C18H26AuO3. The Kier molecular flexibility index (Phi) is 11.9. The molecule has 0 spiro atoms. The standard InChI is InChI=1S/C18H26O3.Au/c1-4-6-7-8-16(5-2)21-18(19)14-11-15-9-12-17(20-3)13-10-15;/h9-14,16H,4-8H2,1-3H3;. The van der Waals surface area contributed by atoms with Gasteiger partial charge in [0.05, 0.1) is 7.11 Å². The first-order valence-corrected chi connectivity index (χ1v) is 7.72. The third-order valence-corrected chi connectivity index (χ3v) is 3.40. The molecule has 1 atom stereocenters. The molecule has 0 amide bonds. The molecule has 0 saturated heterocycles. The van der Waals surface area contributed by atoms with Crippen LogP contribution in [0.15, 0.2) is 30.3 Å². The topological polar surface area (TPSA) is 35.5 Å². The molecule has 1 rings (SSSR count). The van der Waals surface area contributed by atoms with Gasteiger partial charge >= 0.3 is 5.97 Å². The van der Waals surface area contributed by atoms with E-state index >= 15 is 0 Å². The Hall–Kier alpha value is -1.03. The third-order valence-electron chi connectivity index (χ3n) is 3.40. The Morgan fingerprint density at radius 1 is 1.18 bits per heavy atom. The van der Waals surface area contributed by atoms with Crippen LogP contribution < -0.4 is 4.74 Å². The number of carbonyl (C=O) groups is 1. The van der Waals surface area contributed by atoms with Crippen molar-refractivity contribution >= 4 is 12.0 Å². The van der Waals surface area contributed by atoms with Crippen LogP contribution in [-0.2, 0) is 31.9 Å². The predicted molar refractivity (Wildman–Crippen MR) is 86.3 cm³/mol. The van der Waals surface area contributed by atoms with E-state index in [1.54, 1.807) is 13.2 Å². The summed E-state index contributed by atoms with van der Waals surface area (Å²) in [4.78, 5) is 11.8. The Balaban J connectivity index is 0.00000441. The van der Waals surface area contributed by atoms with Crippen molar-refractivity contribution in [2.45, 2.75) is 52.1 Å². The largest absolute Gasteiger partial charge is 0.497 e. The summed E-state index contributed by atoms with van der Waals surface area (Å²) in [6.45, 7) is 4.22. The maximum absolute atomic E-state index is 11.8. The molecule has 1 aromatic rings. The van der Waals surface area contributed by atoms with Crippen molar-refractivity contribution in [3.05, 3.63) is 35.9 Å². The van der Waals surface area contributed by atoms with Crippen molar-refractivity contribution in [2.24, 2.45) is 0 Å². The Morgan fingerprint density at radius 3 is 2.41 bits per heavy atom. The Bertz CT molecular complexity index is 440. The predicted octanol–water partition coefficient (Wildman–Crippen LogP) is 4.61. The number of carbonyl (C=O) groups excluding carboxylic acids is 1. The number of unbranched alkanes of at least 4 members (excludes halogenated alkanes) is 2. The second kappa shape index (κ2) is 12.5. The first kappa shape index (κ1) is 21.0. The van der Waals surface area contributed by atoms with Gasteiger partial charge in [0.1, 0.15) is 11.9 Å². The van der Waals surface area contributed by atoms with Crippen LogP contribution in [0.1, 0.15) is 51.5 Å². The quantitative estimate of drug-likeness (QED) is 0.221. The zero-order chi connectivity index (χ0) is 15.5. The zero-order valence-electron chi connectivity index (χ0n) is 13.6. The average molecular weight is 487 g/mol. The maximum atomic E-state index is 11.8. The third kappa shape index (κ3) is 8.42. The van der Waals surface area contributed by atoms with Crippen molar-refractivity contribution in [3.8, 4) is 5.75 Å². The van der Waals surface area contributed by atoms with Crippen LogP contribution in [-0.4, -0.2) is 19.2 Å². The van der Waals surface area contributed by atoms with Gasteiger partial charge in [-0.15, -0.1) is 0 Å². The maximum Gasteiger partial charge on any atom is 0.331 e. The van der Waals surface area contributed by atoms with E-state index in [2.05, 4.69) is 13.8 Å². The molecule has 0 heterocycles. The fraction of sp³-hybridized carbons (Fsp3) is 0.500. The van der Waals surface area contributed by atoms with Gasteiger partial charge in [-0.1, -0.05) is 38.8 Å². The summed E-state index contributed by atoms with van der Waals surface area (Å²) in [5.74, 6) is 0.533. The molecule has 0 aliphatic rings. The van der Waals surface area contributed by atoms with Gasteiger partial charge in [0.15, 0.2) is 0 Å². The summed E-state index contributed by atoms with van der Waals surface area (Å²) in [7, 11) is 1.63. The summed E-state index contributed by atoms with van der Waals surface area (Å²) < 4.78 is 10.6. The van der Waals surface area contributed by atoms with Crippen molar-refractivity contribution in [3.63, 3.8) is 0 Å². The van der Waals surface area contributed by atoms with E-state index in [0.29, 0.717) is 0 Å². The van der Waals surface area contributed by atoms with Crippen LogP contribution in [0.3, 0.4) is 0 Å². The number of hydrogen-bond acceptors (Lipinski definition) is 3. The van der Waals surface area contributed by atoms with Gasteiger partial charge in [-0.05, 0) is 43.0 Å². The van der Waals surface area contributed by atoms with Gasteiger partial charge in [0.25, 0.3) is 0 Å². The smallest absolute Gasteiger partial charge is 0.331 e. The van der Waals surface area contributed by atoms with Crippen molar-refractivity contribution in [1.29, 1.82) is 0 Å². The van der Waals surface area contributed by atoms with Gasteiger partial charge in [-0.25, -0.2) is 4.79 Å². The average Bonchev–Trinajstić information content (AvgIpc) is 2.52. The van der Waals surface area contributed by atoms with Gasteiger partial charge in [-0.2, -0.15) is 0 Å². The van der Waals surface area contributed by atoms with E-state index in [9.17, 15) is 4.79 Å². The van der Waals surface area contributed by atoms with Gasteiger partial charge in [-0.3, -0.25) is 0 Å². The number of hydrogen-bond donors (Lipinski definition) is 0. The molecule has 0 fully saturated rings. The number of esters is 1. The van der Waals surface area contributed by atoms with Crippen LogP contribution in [0.25, 0.3) is 6.08 Å². The van der Waals surface area contributed by atoms with Gasteiger partial charge in [0.2, 0.25) is 0 Å². The van der Waals surface area contributed by atoms with E-state index in [-0.39, 0.29) is 34.5 Å². The summed E-state index contributed by atoms with van der Waals surface area (Å²) in [5, 5.41) is 0. The second-order valence-corrected chi connectivity index (χ2v) is 5.07. The van der Waals surface area contributed by atoms with Crippen LogP contribution >= 0.6 is 0 Å². The minimum Gasteiger partial charge on any atom is -0.497 e. The molecule has 0 aliphatic heterocycles. The fourth-order valence-corrected chi connectivity index (χ4v) is 2.05. The molecular weight excluding hydrogens is 461 g/mol. The molecule has 4 heteroatoms. The molecule has 3 nitrogen and oxygen atoms in total. The minimum absolute atomic E-state index is 0. The monoisotopic (exact) mass is 487 g/mol. The number of benzene rings is 1. The molecule has 22 heavy (non-hydrogen) atoms. The van der Waals surface area contributed by atoms with Crippen molar-refractivity contribution < 1.29 is 36.6 Å². The van der Waals surface area contributed by atoms with E-state index in [4.69, 9.17) is 9.47 Å². The van der Waals surface area contributed by atoms with Gasteiger partial charge < -0.3 is 9.47 Å². The van der Waals surface area contributed by atoms with E-state index in [0.717, 1.165) is 30.6 Å². The molecule has 1 unspecified atom stereocenters. The first-order valence-electron chi connectivity index (χ1n) is 7.72.